The molecule has 0 heterocycles. The van der Waals surface area contributed by atoms with Gasteiger partial charge < -0.3 is 9.69 Å². The maximum Gasteiger partial charge on any atom is 0.152 e. The van der Waals surface area contributed by atoms with Crippen LogP contribution in [0.15, 0.2) is 53.5 Å². The Kier molecular flexibility index (Phi) is 4.99. The van der Waals surface area contributed by atoms with Crippen LogP contribution >= 0.6 is 0 Å². The van der Waals surface area contributed by atoms with Crippen molar-refractivity contribution in [3.63, 3.8) is 0 Å². The van der Waals surface area contributed by atoms with Crippen LogP contribution in [-0.2, 0) is 11.2 Å². The Bertz CT molecular complexity index is 648. The molecule has 0 fully saturated rings. The topological polar surface area (TPSA) is 49.7 Å². The Morgan fingerprint density at radius 2 is 1.76 bits per heavy atom. The molecule has 2 aromatic carbocycles. The number of carbonyl (C=O) groups is 2. The molecule has 0 spiro atoms. The first-order valence-corrected chi connectivity index (χ1v) is 6.58. The summed E-state index contributed by atoms with van der Waals surface area (Å²) in [5.74, 6) is 0. The van der Waals surface area contributed by atoms with Gasteiger partial charge in [0, 0.05) is 24.7 Å². The van der Waals surface area contributed by atoms with Crippen molar-refractivity contribution in [2.24, 2.45) is 4.99 Å². The summed E-state index contributed by atoms with van der Waals surface area (Å²) in [6.07, 6.45) is 3.76. The molecule has 0 atom stereocenters. The minimum atomic E-state index is 0.421. The molecular weight excluding hydrogens is 264 g/mol. The number of anilines is 1. The highest BCUT2D eigenvalue weighted by Crippen LogP contribution is 2.17. The second kappa shape index (κ2) is 7.14. The van der Waals surface area contributed by atoms with Crippen molar-refractivity contribution in [3.8, 4) is 0 Å². The molecule has 0 aliphatic heterocycles. The second-order valence-electron chi connectivity index (χ2n) is 4.57. The molecule has 21 heavy (non-hydrogen) atoms. The number of hydrogen-bond donors (Lipinski definition) is 0. The predicted molar refractivity (Wildman–Crippen MR) is 84.6 cm³/mol. The quantitative estimate of drug-likeness (QED) is 0.464. The number of rotatable bonds is 6. The smallest absolute Gasteiger partial charge is 0.152 e. The SMILES string of the molecule is CN(/C=N\c1ccccc1C=O)c1ccc(CC=O)cc1. The summed E-state index contributed by atoms with van der Waals surface area (Å²) >= 11 is 0. The van der Waals surface area contributed by atoms with Gasteiger partial charge in [-0.1, -0.05) is 24.3 Å². The van der Waals surface area contributed by atoms with E-state index in [0.29, 0.717) is 17.7 Å². The zero-order valence-electron chi connectivity index (χ0n) is 11.8. The lowest BCUT2D eigenvalue weighted by Crippen LogP contribution is -2.13. The lowest BCUT2D eigenvalue weighted by atomic mass is 10.1. The molecule has 4 nitrogen and oxygen atoms in total. The third kappa shape index (κ3) is 3.86. The summed E-state index contributed by atoms with van der Waals surface area (Å²) in [6, 6.07) is 14.8. The van der Waals surface area contributed by atoms with E-state index in [0.717, 1.165) is 23.8 Å². The fourth-order valence-electron chi connectivity index (χ4n) is 1.88. The summed E-state index contributed by atoms with van der Waals surface area (Å²) in [4.78, 5) is 27.6. The van der Waals surface area contributed by atoms with E-state index >= 15 is 0 Å². The normalized spacial score (nSPS) is 10.5. The summed E-state index contributed by atoms with van der Waals surface area (Å²) < 4.78 is 0. The first-order chi connectivity index (χ1) is 10.2. The van der Waals surface area contributed by atoms with Crippen LogP contribution in [0.25, 0.3) is 0 Å². The summed E-state index contributed by atoms with van der Waals surface area (Å²) in [5, 5.41) is 0. The third-order valence-corrected chi connectivity index (χ3v) is 3.10. The molecule has 0 bridgehead atoms. The third-order valence-electron chi connectivity index (χ3n) is 3.10. The molecule has 2 rings (SSSR count). The van der Waals surface area contributed by atoms with Gasteiger partial charge in [0.25, 0.3) is 0 Å². The average Bonchev–Trinajstić information content (AvgIpc) is 2.54. The van der Waals surface area contributed by atoms with Crippen molar-refractivity contribution < 1.29 is 9.59 Å². The molecule has 0 aliphatic carbocycles. The van der Waals surface area contributed by atoms with Crippen LogP contribution < -0.4 is 4.90 Å². The van der Waals surface area contributed by atoms with Gasteiger partial charge in [-0.05, 0) is 29.8 Å². The van der Waals surface area contributed by atoms with Gasteiger partial charge in [0.15, 0.2) is 6.29 Å². The Morgan fingerprint density at radius 3 is 2.43 bits per heavy atom. The molecule has 4 heteroatoms. The van der Waals surface area contributed by atoms with Gasteiger partial charge in [-0.25, -0.2) is 4.99 Å². The molecule has 0 amide bonds. The van der Waals surface area contributed by atoms with E-state index < -0.39 is 0 Å². The van der Waals surface area contributed by atoms with Crippen molar-refractivity contribution in [3.05, 3.63) is 59.7 Å². The van der Waals surface area contributed by atoms with Crippen LogP contribution in [0.5, 0.6) is 0 Å². The van der Waals surface area contributed by atoms with E-state index in [1.165, 1.54) is 0 Å². The van der Waals surface area contributed by atoms with Crippen molar-refractivity contribution >= 4 is 30.3 Å². The lowest BCUT2D eigenvalue weighted by molar-refractivity contribution is -0.107. The van der Waals surface area contributed by atoms with E-state index in [-0.39, 0.29) is 0 Å². The van der Waals surface area contributed by atoms with Crippen molar-refractivity contribution in [2.45, 2.75) is 6.42 Å². The van der Waals surface area contributed by atoms with Crippen molar-refractivity contribution in [1.82, 2.24) is 0 Å². The Balaban J connectivity index is 2.13. The lowest BCUT2D eigenvalue weighted by Gasteiger charge is -2.13. The molecule has 0 radical (unpaired) electrons. The van der Waals surface area contributed by atoms with Gasteiger partial charge in [0.2, 0.25) is 0 Å². The average molecular weight is 280 g/mol. The maximum atomic E-state index is 10.9. The number of aldehydes is 2. The first kappa shape index (κ1) is 14.7. The Labute approximate surface area is 123 Å². The van der Waals surface area contributed by atoms with Crippen LogP contribution in [0.1, 0.15) is 15.9 Å². The number of aliphatic imine (C=N–C) groups is 1. The molecule has 0 aromatic heterocycles. The highest BCUT2D eigenvalue weighted by atomic mass is 16.1. The van der Waals surface area contributed by atoms with Crippen LogP contribution in [0.2, 0.25) is 0 Å². The number of nitrogens with zero attached hydrogens (tertiary/aromatic N) is 2. The zero-order chi connectivity index (χ0) is 15.1. The van der Waals surface area contributed by atoms with Gasteiger partial charge in [-0.3, -0.25) is 4.79 Å². The molecule has 2 aromatic rings. The Hall–Kier alpha value is -2.75. The zero-order valence-corrected chi connectivity index (χ0v) is 11.8. The van der Waals surface area contributed by atoms with Crippen LogP contribution in [0, 0.1) is 0 Å². The molecule has 0 saturated carbocycles. The van der Waals surface area contributed by atoms with Crippen LogP contribution in [-0.4, -0.2) is 26.0 Å². The van der Waals surface area contributed by atoms with E-state index in [1.807, 2.05) is 42.3 Å². The molecule has 0 N–H and O–H groups in total. The summed E-state index contributed by atoms with van der Waals surface area (Å²) in [6.45, 7) is 0. The molecule has 106 valence electrons. The van der Waals surface area contributed by atoms with Crippen LogP contribution in [0.3, 0.4) is 0 Å². The van der Waals surface area contributed by atoms with Gasteiger partial charge >= 0.3 is 0 Å². The largest absolute Gasteiger partial charge is 0.336 e. The van der Waals surface area contributed by atoms with E-state index in [4.69, 9.17) is 0 Å². The van der Waals surface area contributed by atoms with Crippen molar-refractivity contribution in [2.75, 3.05) is 11.9 Å². The molecular formula is C17H16N2O2. The summed E-state index contributed by atoms with van der Waals surface area (Å²) in [7, 11) is 1.88. The Morgan fingerprint density at radius 1 is 1.05 bits per heavy atom. The highest BCUT2D eigenvalue weighted by molar-refractivity contribution is 5.87. The molecule has 0 aliphatic rings. The van der Waals surface area contributed by atoms with E-state index in [1.54, 1.807) is 24.5 Å². The second-order valence-corrected chi connectivity index (χ2v) is 4.57. The van der Waals surface area contributed by atoms with E-state index in [2.05, 4.69) is 4.99 Å². The minimum Gasteiger partial charge on any atom is -0.336 e. The number of benzene rings is 2. The van der Waals surface area contributed by atoms with E-state index in [9.17, 15) is 9.59 Å². The number of para-hydroxylation sites is 1. The summed E-state index contributed by atoms with van der Waals surface area (Å²) in [5.41, 5.74) is 3.13. The van der Waals surface area contributed by atoms with Crippen molar-refractivity contribution in [1.29, 1.82) is 0 Å². The van der Waals surface area contributed by atoms with Gasteiger partial charge in [0.05, 0.1) is 12.0 Å². The minimum absolute atomic E-state index is 0.421. The van der Waals surface area contributed by atoms with Gasteiger partial charge in [0.1, 0.15) is 6.29 Å². The maximum absolute atomic E-state index is 10.9. The number of carbonyl (C=O) groups excluding carboxylic acids is 2. The van der Waals surface area contributed by atoms with Crippen LogP contribution in [0.4, 0.5) is 11.4 Å². The number of hydrogen-bond acceptors (Lipinski definition) is 3. The monoisotopic (exact) mass is 280 g/mol. The first-order valence-electron chi connectivity index (χ1n) is 6.58. The van der Waals surface area contributed by atoms with Gasteiger partial charge in [-0.15, -0.1) is 0 Å². The van der Waals surface area contributed by atoms with Gasteiger partial charge in [-0.2, -0.15) is 0 Å². The fourth-order valence-corrected chi connectivity index (χ4v) is 1.88. The highest BCUT2D eigenvalue weighted by Gasteiger charge is 2.00. The molecule has 0 saturated heterocycles. The standard InChI is InChI=1S/C17H16N2O2/c1-19(16-8-6-14(7-9-16)10-11-20)13-18-17-5-3-2-4-15(17)12-21/h2-9,11-13H,10H2,1H3/b18-13-. The fraction of sp³-hybridized carbons (Fsp3) is 0.118. The predicted octanol–water partition coefficient (Wildman–Crippen LogP) is 3.04. The molecule has 0 unspecified atom stereocenters.